The fourth-order valence-electron chi connectivity index (χ4n) is 2.56. The summed E-state index contributed by atoms with van der Waals surface area (Å²) in [7, 11) is 0. The molecule has 1 heterocycles. The Morgan fingerprint density at radius 1 is 1.08 bits per heavy atom. The summed E-state index contributed by atoms with van der Waals surface area (Å²) in [5.41, 5.74) is 1.26. The molecule has 0 radical (unpaired) electrons. The molecule has 1 atom stereocenters. The maximum absolute atomic E-state index is 12.5. The number of anilines is 1. The minimum atomic E-state index is -0.0855. The van der Waals surface area contributed by atoms with Crippen LogP contribution in [0.4, 0.5) is 5.82 Å². The summed E-state index contributed by atoms with van der Waals surface area (Å²) in [6.45, 7) is 2.69. The number of rotatable bonds is 8. The average Bonchev–Trinajstić information content (AvgIpc) is 3.13. The van der Waals surface area contributed by atoms with Crippen LogP contribution in [0.5, 0.6) is 0 Å². The second-order valence-corrected chi connectivity index (χ2v) is 7.28. The second kappa shape index (κ2) is 9.25. The van der Waals surface area contributed by atoms with Gasteiger partial charge in [-0.25, -0.2) is 4.68 Å². The fourth-order valence-corrected chi connectivity index (χ4v) is 3.50. The molecule has 1 aromatic heterocycles. The number of carbonyl (C=O) groups excluding carboxylic acids is 1. The van der Waals surface area contributed by atoms with Crippen molar-refractivity contribution in [3.8, 4) is 0 Å². The van der Waals surface area contributed by atoms with Crippen molar-refractivity contribution in [2.75, 3.05) is 11.1 Å². The van der Waals surface area contributed by atoms with E-state index in [1.807, 2.05) is 54.1 Å². The van der Waals surface area contributed by atoms with Crippen molar-refractivity contribution in [1.82, 2.24) is 9.78 Å². The first-order valence-electron chi connectivity index (χ1n) is 8.77. The van der Waals surface area contributed by atoms with Gasteiger partial charge in [-0.1, -0.05) is 55.5 Å². The molecule has 3 aromatic rings. The zero-order valence-corrected chi connectivity index (χ0v) is 15.7. The van der Waals surface area contributed by atoms with Gasteiger partial charge in [0.15, 0.2) is 0 Å². The van der Waals surface area contributed by atoms with Gasteiger partial charge < -0.3 is 5.32 Å². The molecule has 0 aliphatic carbocycles. The largest absolute Gasteiger partial charge is 0.311 e. The highest BCUT2D eigenvalue weighted by Crippen LogP contribution is 2.21. The third kappa shape index (κ3) is 5.23. The van der Waals surface area contributed by atoms with E-state index in [0.29, 0.717) is 0 Å². The summed E-state index contributed by atoms with van der Waals surface area (Å²) in [6.07, 6.45) is 2.61. The van der Waals surface area contributed by atoms with Crippen LogP contribution in [-0.4, -0.2) is 21.4 Å². The second-order valence-electron chi connectivity index (χ2n) is 6.19. The Bertz CT molecular complexity index is 818. The van der Waals surface area contributed by atoms with E-state index in [1.54, 1.807) is 18.0 Å². The highest BCUT2D eigenvalue weighted by Gasteiger charge is 2.15. The Morgan fingerprint density at radius 2 is 1.77 bits per heavy atom. The van der Waals surface area contributed by atoms with Gasteiger partial charge >= 0.3 is 0 Å². The van der Waals surface area contributed by atoms with E-state index in [1.165, 1.54) is 10.5 Å². The topological polar surface area (TPSA) is 46.9 Å². The monoisotopic (exact) mass is 365 g/mol. The zero-order valence-electron chi connectivity index (χ0n) is 14.8. The van der Waals surface area contributed by atoms with Crippen LogP contribution in [-0.2, 0) is 17.8 Å². The molecule has 1 N–H and O–H groups in total. The lowest BCUT2D eigenvalue weighted by molar-refractivity contribution is -0.118. The van der Waals surface area contributed by atoms with Crippen LogP contribution >= 0.6 is 11.8 Å². The van der Waals surface area contributed by atoms with Gasteiger partial charge in [0.05, 0.1) is 6.20 Å². The average molecular weight is 366 g/mol. The molecule has 0 spiro atoms. The maximum atomic E-state index is 12.5. The van der Waals surface area contributed by atoms with Crippen LogP contribution in [0.15, 0.2) is 77.8 Å². The predicted molar refractivity (Wildman–Crippen MR) is 107 cm³/mol. The van der Waals surface area contributed by atoms with E-state index in [2.05, 4.69) is 34.7 Å². The van der Waals surface area contributed by atoms with Crippen LogP contribution in [0.3, 0.4) is 0 Å². The quantitative estimate of drug-likeness (QED) is 0.598. The molecule has 0 saturated carbocycles. The van der Waals surface area contributed by atoms with Gasteiger partial charge in [-0.2, -0.15) is 5.10 Å². The number of aryl methyl sites for hydroxylation is 2. The molecule has 0 bridgehead atoms. The lowest BCUT2D eigenvalue weighted by Gasteiger charge is -2.13. The summed E-state index contributed by atoms with van der Waals surface area (Å²) in [4.78, 5) is 13.7. The summed E-state index contributed by atoms with van der Waals surface area (Å²) in [5.74, 6) is 1.43. The van der Waals surface area contributed by atoms with Gasteiger partial charge in [0.25, 0.3) is 0 Å². The number of nitrogens with zero attached hydrogens (tertiary/aromatic N) is 2. The molecule has 2 aromatic carbocycles. The standard InChI is InChI=1S/C21H23N3OS/c1-17(16-26-19-10-6-3-7-11-19)21(25)23-20-12-14-22-24(20)15-13-18-8-4-2-5-9-18/h2-12,14,17H,13,15-16H2,1H3,(H,23,25). The third-order valence-corrected chi connectivity index (χ3v) is 5.39. The minimum Gasteiger partial charge on any atom is -0.311 e. The Kier molecular flexibility index (Phi) is 6.50. The number of benzene rings is 2. The number of nitrogens with one attached hydrogen (secondary N) is 1. The summed E-state index contributed by atoms with van der Waals surface area (Å²) in [6, 6.07) is 22.3. The molecular weight excluding hydrogens is 342 g/mol. The van der Waals surface area contributed by atoms with Crippen molar-refractivity contribution in [3.05, 3.63) is 78.5 Å². The Labute approximate surface area is 158 Å². The molecular formula is C21H23N3OS. The molecule has 1 amide bonds. The first-order chi connectivity index (χ1) is 12.7. The number of amides is 1. The number of thioether (sulfide) groups is 1. The van der Waals surface area contributed by atoms with Gasteiger partial charge in [0, 0.05) is 29.2 Å². The first-order valence-corrected chi connectivity index (χ1v) is 9.75. The summed E-state index contributed by atoms with van der Waals surface area (Å²) in [5, 5.41) is 7.34. The van der Waals surface area contributed by atoms with Crippen molar-refractivity contribution in [2.24, 2.45) is 5.92 Å². The van der Waals surface area contributed by atoms with Crippen LogP contribution in [0, 0.1) is 5.92 Å². The van der Waals surface area contributed by atoms with E-state index in [-0.39, 0.29) is 11.8 Å². The van der Waals surface area contributed by atoms with Crippen molar-refractivity contribution in [2.45, 2.75) is 24.8 Å². The van der Waals surface area contributed by atoms with Gasteiger partial charge in [-0.15, -0.1) is 11.8 Å². The lowest BCUT2D eigenvalue weighted by Crippen LogP contribution is -2.24. The highest BCUT2D eigenvalue weighted by atomic mass is 32.2. The number of aromatic nitrogens is 2. The number of carbonyl (C=O) groups is 1. The van der Waals surface area contributed by atoms with Crippen LogP contribution in [0.2, 0.25) is 0 Å². The Morgan fingerprint density at radius 3 is 2.50 bits per heavy atom. The van der Waals surface area contributed by atoms with Crippen LogP contribution < -0.4 is 5.32 Å². The number of hydrogen-bond donors (Lipinski definition) is 1. The predicted octanol–water partition coefficient (Wildman–Crippen LogP) is 4.49. The van der Waals surface area contributed by atoms with Crippen molar-refractivity contribution in [3.63, 3.8) is 0 Å². The Balaban J connectivity index is 1.52. The Hall–Kier alpha value is -2.53. The molecule has 26 heavy (non-hydrogen) atoms. The molecule has 3 rings (SSSR count). The molecule has 1 unspecified atom stereocenters. The molecule has 0 fully saturated rings. The van der Waals surface area contributed by atoms with E-state index < -0.39 is 0 Å². The lowest BCUT2D eigenvalue weighted by atomic mass is 10.1. The third-order valence-electron chi connectivity index (χ3n) is 4.11. The zero-order chi connectivity index (χ0) is 18.2. The molecule has 0 aliphatic heterocycles. The van der Waals surface area contributed by atoms with Gasteiger partial charge in [-0.05, 0) is 24.1 Å². The van der Waals surface area contributed by atoms with Crippen LogP contribution in [0.1, 0.15) is 12.5 Å². The molecule has 0 aliphatic rings. The molecule has 4 nitrogen and oxygen atoms in total. The molecule has 5 heteroatoms. The van der Waals surface area contributed by atoms with E-state index in [4.69, 9.17) is 0 Å². The van der Waals surface area contributed by atoms with Crippen LogP contribution in [0.25, 0.3) is 0 Å². The van der Waals surface area contributed by atoms with E-state index >= 15 is 0 Å². The molecule has 134 valence electrons. The highest BCUT2D eigenvalue weighted by molar-refractivity contribution is 7.99. The maximum Gasteiger partial charge on any atom is 0.229 e. The summed E-state index contributed by atoms with van der Waals surface area (Å²) < 4.78 is 1.85. The van der Waals surface area contributed by atoms with Crippen molar-refractivity contribution in [1.29, 1.82) is 0 Å². The molecule has 0 saturated heterocycles. The minimum absolute atomic E-state index is 0.0230. The SMILES string of the molecule is CC(CSc1ccccc1)C(=O)Nc1ccnn1CCc1ccccc1. The first kappa shape index (κ1) is 18.3. The van der Waals surface area contributed by atoms with Crippen molar-refractivity contribution < 1.29 is 4.79 Å². The van der Waals surface area contributed by atoms with E-state index in [0.717, 1.165) is 24.5 Å². The normalized spacial score (nSPS) is 11.9. The van der Waals surface area contributed by atoms with Gasteiger partial charge in [0.2, 0.25) is 5.91 Å². The summed E-state index contributed by atoms with van der Waals surface area (Å²) >= 11 is 1.70. The number of hydrogen-bond acceptors (Lipinski definition) is 3. The smallest absolute Gasteiger partial charge is 0.229 e. The van der Waals surface area contributed by atoms with Gasteiger partial charge in [0.1, 0.15) is 5.82 Å². The fraction of sp³-hybridized carbons (Fsp3) is 0.238. The van der Waals surface area contributed by atoms with Gasteiger partial charge in [-0.3, -0.25) is 4.79 Å². The van der Waals surface area contributed by atoms with Crippen molar-refractivity contribution >= 4 is 23.5 Å². The van der Waals surface area contributed by atoms with E-state index in [9.17, 15) is 4.79 Å².